The van der Waals surface area contributed by atoms with E-state index in [-0.39, 0.29) is 19.0 Å². The number of carbonyl (C=O) groups is 1. The summed E-state index contributed by atoms with van der Waals surface area (Å²) in [6.45, 7) is 2.74. The Bertz CT molecular complexity index is 621. The third-order valence-corrected chi connectivity index (χ3v) is 3.51. The molecule has 2 rings (SSSR count). The second kappa shape index (κ2) is 10.8. The van der Waals surface area contributed by atoms with Crippen LogP contribution in [0.5, 0.6) is 0 Å². The number of methoxy groups -OCH3 is 1. The average molecular weight is 332 g/mol. The van der Waals surface area contributed by atoms with Gasteiger partial charge in [-0.2, -0.15) is 0 Å². The van der Waals surface area contributed by atoms with E-state index in [0.29, 0.717) is 33.0 Å². The number of hydrogen-bond donors (Lipinski definition) is 0. The molecule has 24 heavy (non-hydrogen) atoms. The minimum atomic E-state index is -0.244. The number of benzene rings is 2. The van der Waals surface area contributed by atoms with Crippen molar-refractivity contribution in [2.45, 2.75) is 6.42 Å². The largest absolute Gasteiger partial charge is 0.463 e. The van der Waals surface area contributed by atoms with Gasteiger partial charge in [-0.1, -0.05) is 42.5 Å². The molecule has 0 spiro atoms. The Morgan fingerprint density at radius 1 is 0.833 bits per heavy atom. The molecular formula is C19H24O5. The van der Waals surface area contributed by atoms with Crippen molar-refractivity contribution in [2.24, 2.45) is 0 Å². The van der Waals surface area contributed by atoms with Gasteiger partial charge in [0, 0.05) is 7.11 Å². The van der Waals surface area contributed by atoms with Crippen molar-refractivity contribution in [3.05, 3.63) is 48.0 Å². The highest BCUT2D eigenvalue weighted by atomic mass is 16.6. The van der Waals surface area contributed by atoms with Crippen LogP contribution in [0, 0.1) is 0 Å². The lowest BCUT2D eigenvalue weighted by atomic mass is 10.0. The molecule has 0 bridgehead atoms. The van der Waals surface area contributed by atoms with Gasteiger partial charge in [-0.3, -0.25) is 4.79 Å². The van der Waals surface area contributed by atoms with Crippen LogP contribution >= 0.6 is 0 Å². The Labute approximate surface area is 142 Å². The molecule has 0 aliphatic rings. The Kier molecular flexibility index (Phi) is 8.24. The van der Waals surface area contributed by atoms with E-state index < -0.39 is 0 Å². The van der Waals surface area contributed by atoms with Crippen LogP contribution < -0.4 is 0 Å². The zero-order chi connectivity index (χ0) is 17.0. The van der Waals surface area contributed by atoms with Gasteiger partial charge in [0.2, 0.25) is 0 Å². The van der Waals surface area contributed by atoms with Gasteiger partial charge in [-0.15, -0.1) is 0 Å². The van der Waals surface area contributed by atoms with Crippen LogP contribution in [0.1, 0.15) is 5.56 Å². The number of carbonyl (C=O) groups excluding carboxylic acids is 1. The topological polar surface area (TPSA) is 54.0 Å². The molecule has 0 aromatic heterocycles. The molecule has 0 aliphatic carbocycles. The summed E-state index contributed by atoms with van der Waals surface area (Å²) in [5.41, 5.74) is 0.977. The van der Waals surface area contributed by atoms with Gasteiger partial charge in [0.25, 0.3) is 0 Å². The van der Waals surface area contributed by atoms with Gasteiger partial charge in [-0.05, 0) is 16.3 Å². The van der Waals surface area contributed by atoms with Crippen LogP contribution in [0.4, 0.5) is 0 Å². The third kappa shape index (κ3) is 6.28. The summed E-state index contributed by atoms with van der Waals surface area (Å²) in [5, 5.41) is 2.21. The quantitative estimate of drug-likeness (QED) is 0.468. The van der Waals surface area contributed by atoms with Gasteiger partial charge in [-0.25, -0.2) is 0 Å². The highest BCUT2D eigenvalue weighted by molar-refractivity contribution is 5.88. The standard InChI is InChI=1S/C19H24O5/c1-21-9-10-22-11-12-23-13-14-24-19(20)15-17-7-4-6-16-5-2-3-8-18(16)17/h2-8H,9-15H2,1H3. The summed E-state index contributed by atoms with van der Waals surface area (Å²) in [4.78, 5) is 11.9. The van der Waals surface area contributed by atoms with Gasteiger partial charge >= 0.3 is 5.97 Å². The first-order valence-corrected chi connectivity index (χ1v) is 8.08. The summed E-state index contributed by atoms with van der Waals surface area (Å²) in [6, 6.07) is 14.0. The Hall–Kier alpha value is -1.95. The van der Waals surface area contributed by atoms with Crippen molar-refractivity contribution in [1.29, 1.82) is 0 Å². The number of ether oxygens (including phenoxy) is 4. The minimum absolute atomic E-state index is 0.244. The molecule has 0 N–H and O–H groups in total. The van der Waals surface area contributed by atoms with E-state index in [0.717, 1.165) is 16.3 Å². The Balaban J connectivity index is 1.63. The number of hydrogen-bond acceptors (Lipinski definition) is 5. The fraction of sp³-hybridized carbons (Fsp3) is 0.421. The van der Waals surface area contributed by atoms with Crippen LogP contribution in [-0.2, 0) is 30.2 Å². The van der Waals surface area contributed by atoms with Crippen molar-refractivity contribution in [1.82, 2.24) is 0 Å². The van der Waals surface area contributed by atoms with Crippen LogP contribution in [0.3, 0.4) is 0 Å². The van der Waals surface area contributed by atoms with Crippen LogP contribution in [-0.4, -0.2) is 52.7 Å². The third-order valence-electron chi connectivity index (χ3n) is 3.51. The molecule has 5 nitrogen and oxygen atoms in total. The summed E-state index contributed by atoms with van der Waals surface area (Å²) in [6.07, 6.45) is 0.265. The summed E-state index contributed by atoms with van der Waals surface area (Å²) in [7, 11) is 1.63. The van der Waals surface area contributed by atoms with Crippen molar-refractivity contribution in [3.8, 4) is 0 Å². The number of esters is 1. The maximum Gasteiger partial charge on any atom is 0.310 e. The SMILES string of the molecule is COCCOCCOCCOC(=O)Cc1cccc2ccccc12. The molecule has 0 radical (unpaired) electrons. The Morgan fingerprint density at radius 2 is 1.50 bits per heavy atom. The molecule has 130 valence electrons. The van der Waals surface area contributed by atoms with Crippen LogP contribution in [0.2, 0.25) is 0 Å². The lowest BCUT2D eigenvalue weighted by Crippen LogP contribution is -2.15. The molecular weight excluding hydrogens is 308 g/mol. The molecule has 2 aromatic carbocycles. The molecule has 0 fully saturated rings. The van der Waals surface area contributed by atoms with Crippen molar-refractivity contribution >= 4 is 16.7 Å². The highest BCUT2D eigenvalue weighted by Crippen LogP contribution is 2.19. The van der Waals surface area contributed by atoms with E-state index in [4.69, 9.17) is 18.9 Å². The van der Waals surface area contributed by atoms with E-state index in [1.165, 1.54) is 0 Å². The smallest absolute Gasteiger partial charge is 0.310 e. The maximum atomic E-state index is 11.9. The van der Waals surface area contributed by atoms with Crippen molar-refractivity contribution in [3.63, 3.8) is 0 Å². The van der Waals surface area contributed by atoms with Gasteiger partial charge in [0.05, 0.1) is 39.5 Å². The van der Waals surface area contributed by atoms with Gasteiger partial charge < -0.3 is 18.9 Å². The molecule has 2 aromatic rings. The summed E-state index contributed by atoms with van der Waals surface area (Å²) < 4.78 is 20.7. The lowest BCUT2D eigenvalue weighted by Gasteiger charge is -2.08. The fourth-order valence-corrected chi connectivity index (χ4v) is 2.33. The molecule has 0 heterocycles. The predicted molar refractivity (Wildman–Crippen MR) is 92.1 cm³/mol. The first kappa shape index (κ1) is 18.4. The number of fused-ring (bicyclic) bond motifs is 1. The molecule has 5 heteroatoms. The molecule has 0 saturated carbocycles. The molecule has 0 saturated heterocycles. The predicted octanol–water partition coefficient (Wildman–Crippen LogP) is 2.61. The molecule has 0 amide bonds. The van der Waals surface area contributed by atoms with E-state index in [1.807, 2.05) is 42.5 Å². The van der Waals surface area contributed by atoms with Crippen molar-refractivity contribution in [2.75, 3.05) is 46.8 Å². The van der Waals surface area contributed by atoms with E-state index >= 15 is 0 Å². The fourth-order valence-electron chi connectivity index (χ4n) is 2.33. The summed E-state index contributed by atoms with van der Waals surface area (Å²) >= 11 is 0. The van der Waals surface area contributed by atoms with Gasteiger partial charge in [0.15, 0.2) is 0 Å². The van der Waals surface area contributed by atoms with E-state index in [1.54, 1.807) is 7.11 Å². The van der Waals surface area contributed by atoms with E-state index in [9.17, 15) is 4.79 Å². The highest BCUT2D eigenvalue weighted by Gasteiger charge is 2.07. The normalized spacial score (nSPS) is 10.9. The Morgan fingerprint density at radius 3 is 2.29 bits per heavy atom. The first-order chi connectivity index (χ1) is 11.8. The molecule has 0 atom stereocenters. The van der Waals surface area contributed by atoms with Gasteiger partial charge in [0.1, 0.15) is 6.61 Å². The maximum absolute atomic E-state index is 11.9. The second-order valence-electron chi connectivity index (χ2n) is 5.25. The van der Waals surface area contributed by atoms with Crippen LogP contribution in [0.15, 0.2) is 42.5 Å². The van der Waals surface area contributed by atoms with Crippen molar-refractivity contribution < 1.29 is 23.7 Å². The number of rotatable bonds is 11. The zero-order valence-electron chi connectivity index (χ0n) is 14.0. The molecule has 0 unspecified atom stereocenters. The van der Waals surface area contributed by atoms with Crippen LogP contribution in [0.25, 0.3) is 10.8 Å². The van der Waals surface area contributed by atoms with E-state index in [2.05, 4.69) is 0 Å². The molecule has 0 aliphatic heterocycles. The summed E-state index contributed by atoms with van der Waals surface area (Å²) in [5.74, 6) is -0.244. The monoisotopic (exact) mass is 332 g/mol. The minimum Gasteiger partial charge on any atom is -0.463 e. The zero-order valence-corrected chi connectivity index (χ0v) is 14.0. The first-order valence-electron chi connectivity index (χ1n) is 8.08. The second-order valence-corrected chi connectivity index (χ2v) is 5.25. The lowest BCUT2D eigenvalue weighted by molar-refractivity contribution is -0.144. The average Bonchev–Trinajstić information content (AvgIpc) is 2.61.